The number of nitrogens with zero attached hydrogens (tertiary/aromatic N) is 1. The molecule has 1 aromatic carbocycles. The smallest absolute Gasteiger partial charge is 0.191 e. The summed E-state index contributed by atoms with van der Waals surface area (Å²) in [4.78, 5) is 4.92. The molecular weight excluding hydrogens is 465 g/mol. The standard InChI is InChI=1S/C18H29N3O3S.HI/c1-3-19-18(21-13-15-5-4-6-17(15)22)20-12-11-14-7-9-16(10-8-14)25(2,23)24;/h7-10,15,17,22H,3-6,11-13H2,1-2H3,(H2,19,20,21);1H. The molecule has 0 aliphatic heterocycles. The van der Waals surface area contributed by atoms with E-state index in [1.807, 2.05) is 19.1 Å². The van der Waals surface area contributed by atoms with Crippen LogP contribution in [-0.2, 0) is 16.3 Å². The third-order valence-corrected chi connectivity index (χ3v) is 5.63. The van der Waals surface area contributed by atoms with Gasteiger partial charge in [-0.1, -0.05) is 18.6 Å². The Bertz CT molecular complexity index is 677. The lowest BCUT2D eigenvalue weighted by atomic mass is 10.1. The van der Waals surface area contributed by atoms with E-state index in [1.54, 1.807) is 12.1 Å². The highest BCUT2D eigenvalue weighted by Crippen LogP contribution is 2.25. The monoisotopic (exact) mass is 495 g/mol. The second kappa shape index (κ2) is 11.1. The Hall–Kier alpha value is -0.870. The lowest BCUT2D eigenvalue weighted by molar-refractivity contribution is 0.136. The molecule has 2 rings (SSSR count). The number of benzene rings is 1. The number of hydrogen-bond donors (Lipinski definition) is 3. The summed E-state index contributed by atoms with van der Waals surface area (Å²) in [5, 5.41) is 16.4. The van der Waals surface area contributed by atoms with E-state index in [1.165, 1.54) is 6.26 Å². The van der Waals surface area contributed by atoms with Gasteiger partial charge >= 0.3 is 0 Å². The van der Waals surface area contributed by atoms with Gasteiger partial charge in [-0.25, -0.2) is 8.42 Å². The summed E-state index contributed by atoms with van der Waals surface area (Å²) in [6.07, 6.45) is 4.77. The van der Waals surface area contributed by atoms with E-state index in [9.17, 15) is 13.5 Å². The van der Waals surface area contributed by atoms with Crippen molar-refractivity contribution in [1.82, 2.24) is 10.6 Å². The van der Waals surface area contributed by atoms with Crippen molar-refractivity contribution in [2.24, 2.45) is 10.9 Å². The number of sulfone groups is 1. The summed E-state index contributed by atoms with van der Waals surface area (Å²) in [6, 6.07) is 6.98. The van der Waals surface area contributed by atoms with Crippen LogP contribution in [0.5, 0.6) is 0 Å². The SMILES string of the molecule is CCNC(=NCC1CCCC1O)NCCc1ccc(S(C)(=O)=O)cc1.I. The van der Waals surface area contributed by atoms with Crippen molar-refractivity contribution in [2.45, 2.75) is 43.6 Å². The number of guanidine groups is 1. The highest BCUT2D eigenvalue weighted by atomic mass is 127. The van der Waals surface area contributed by atoms with E-state index in [0.717, 1.165) is 43.8 Å². The summed E-state index contributed by atoms with van der Waals surface area (Å²) in [5.74, 6) is 1.02. The first-order chi connectivity index (χ1) is 11.9. The minimum Gasteiger partial charge on any atom is -0.393 e. The van der Waals surface area contributed by atoms with E-state index >= 15 is 0 Å². The van der Waals surface area contributed by atoms with Gasteiger partial charge in [0.15, 0.2) is 15.8 Å². The molecule has 0 radical (unpaired) electrons. The molecule has 0 heterocycles. The van der Waals surface area contributed by atoms with Crippen LogP contribution in [-0.4, -0.2) is 51.5 Å². The molecule has 1 aromatic rings. The number of aliphatic imine (C=N–C) groups is 1. The second-order valence-electron chi connectivity index (χ2n) is 6.57. The van der Waals surface area contributed by atoms with Gasteiger partial charge in [0.2, 0.25) is 0 Å². The third-order valence-electron chi connectivity index (χ3n) is 4.50. The fourth-order valence-electron chi connectivity index (χ4n) is 3.01. The van der Waals surface area contributed by atoms with Crippen LogP contribution in [0.4, 0.5) is 0 Å². The zero-order chi connectivity index (χ0) is 18.3. The maximum Gasteiger partial charge on any atom is 0.191 e. The molecule has 8 heteroatoms. The molecule has 148 valence electrons. The summed E-state index contributed by atoms with van der Waals surface area (Å²) in [7, 11) is -3.15. The Morgan fingerprint density at radius 2 is 1.92 bits per heavy atom. The Balaban J connectivity index is 0.00000338. The van der Waals surface area contributed by atoms with Crippen LogP contribution in [0, 0.1) is 5.92 Å². The first kappa shape index (κ1) is 23.2. The molecule has 2 atom stereocenters. The van der Waals surface area contributed by atoms with Gasteiger partial charge in [-0.3, -0.25) is 4.99 Å². The summed E-state index contributed by atoms with van der Waals surface area (Å²) >= 11 is 0. The maximum atomic E-state index is 11.5. The fraction of sp³-hybridized carbons (Fsp3) is 0.611. The van der Waals surface area contributed by atoms with Gasteiger partial charge in [-0.05, 0) is 43.9 Å². The number of nitrogens with one attached hydrogen (secondary N) is 2. The first-order valence-electron chi connectivity index (χ1n) is 8.89. The molecule has 0 bridgehead atoms. The van der Waals surface area contributed by atoms with Crippen LogP contribution in [0.25, 0.3) is 0 Å². The van der Waals surface area contributed by atoms with Crippen molar-refractivity contribution in [1.29, 1.82) is 0 Å². The van der Waals surface area contributed by atoms with Crippen molar-refractivity contribution in [3.8, 4) is 0 Å². The fourth-order valence-corrected chi connectivity index (χ4v) is 3.64. The quantitative estimate of drug-likeness (QED) is 0.306. The van der Waals surface area contributed by atoms with Gasteiger partial charge in [-0.2, -0.15) is 0 Å². The van der Waals surface area contributed by atoms with Crippen LogP contribution >= 0.6 is 24.0 Å². The number of rotatable bonds is 7. The zero-order valence-electron chi connectivity index (χ0n) is 15.4. The van der Waals surface area contributed by atoms with Crippen molar-refractivity contribution in [3.05, 3.63) is 29.8 Å². The largest absolute Gasteiger partial charge is 0.393 e. The molecule has 3 N–H and O–H groups in total. The molecule has 0 saturated heterocycles. The van der Waals surface area contributed by atoms with Crippen LogP contribution in [0.2, 0.25) is 0 Å². The number of halogens is 1. The molecule has 1 fully saturated rings. The van der Waals surface area contributed by atoms with E-state index in [2.05, 4.69) is 15.6 Å². The minimum absolute atomic E-state index is 0. The molecule has 0 amide bonds. The van der Waals surface area contributed by atoms with Gasteiger partial charge < -0.3 is 15.7 Å². The Kier molecular flexibility index (Phi) is 9.88. The molecule has 0 spiro atoms. The highest BCUT2D eigenvalue weighted by molar-refractivity contribution is 14.0. The topological polar surface area (TPSA) is 90.8 Å². The van der Waals surface area contributed by atoms with E-state index in [4.69, 9.17) is 0 Å². The highest BCUT2D eigenvalue weighted by Gasteiger charge is 2.24. The van der Waals surface area contributed by atoms with Gasteiger partial charge in [0.1, 0.15) is 0 Å². The van der Waals surface area contributed by atoms with Crippen LogP contribution < -0.4 is 10.6 Å². The molecule has 26 heavy (non-hydrogen) atoms. The summed E-state index contributed by atoms with van der Waals surface area (Å²) < 4.78 is 22.9. The molecule has 1 aliphatic rings. The molecule has 1 saturated carbocycles. The van der Waals surface area contributed by atoms with Gasteiger partial charge in [0, 0.05) is 31.8 Å². The van der Waals surface area contributed by atoms with Gasteiger partial charge in [-0.15, -0.1) is 24.0 Å². The predicted octanol–water partition coefficient (Wildman–Crippen LogP) is 1.97. The van der Waals surface area contributed by atoms with Gasteiger partial charge in [0.05, 0.1) is 11.0 Å². The maximum absolute atomic E-state index is 11.5. The second-order valence-corrected chi connectivity index (χ2v) is 8.59. The van der Waals surface area contributed by atoms with E-state index < -0.39 is 9.84 Å². The lowest BCUT2D eigenvalue weighted by Gasteiger charge is -2.15. The molecule has 1 aliphatic carbocycles. The number of aliphatic hydroxyl groups excluding tert-OH is 1. The Morgan fingerprint density at radius 1 is 1.23 bits per heavy atom. The van der Waals surface area contributed by atoms with E-state index in [0.29, 0.717) is 18.0 Å². The third kappa shape index (κ3) is 7.40. The Morgan fingerprint density at radius 3 is 2.46 bits per heavy atom. The van der Waals surface area contributed by atoms with Crippen molar-refractivity contribution >= 4 is 39.8 Å². The number of aliphatic hydroxyl groups is 1. The normalized spacial score (nSPS) is 20.5. The summed E-state index contributed by atoms with van der Waals surface area (Å²) in [5.41, 5.74) is 1.07. The summed E-state index contributed by atoms with van der Waals surface area (Å²) in [6.45, 7) is 4.14. The van der Waals surface area contributed by atoms with Crippen molar-refractivity contribution < 1.29 is 13.5 Å². The predicted molar refractivity (Wildman–Crippen MR) is 116 cm³/mol. The van der Waals surface area contributed by atoms with Crippen LogP contribution in [0.15, 0.2) is 34.2 Å². The van der Waals surface area contributed by atoms with Crippen LogP contribution in [0.1, 0.15) is 31.7 Å². The first-order valence-corrected chi connectivity index (χ1v) is 10.8. The minimum atomic E-state index is -3.15. The zero-order valence-corrected chi connectivity index (χ0v) is 18.6. The average molecular weight is 495 g/mol. The lowest BCUT2D eigenvalue weighted by Crippen LogP contribution is -2.39. The van der Waals surface area contributed by atoms with Gasteiger partial charge in [0.25, 0.3) is 0 Å². The number of hydrogen-bond acceptors (Lipinski definition) is 4. The average Bonchev–Trinajstić information content (AvgIpc) is 2.97. The molecule has 6 nitrogen and oxygen atoms in total. The molecular formula is C18H30IN3O3S. The molecule has 0 aromatic heterocycles. The van der Waals surface area contributed by atoms with Crippen molar-refractivity contribution in [3.63, 3.8) is 0 Å². The van der Waals surface area contributed by atoms with E-state index in [-0.39, 0.29) is 36.0 Å². The molecule has 2 unspecified atom stereocenters. The van der Waals surface area contributed by atoms with Crippen molar-refractivity contribution in [2.75, 3.05) is 25.9 Å². The Labute approximate surface area is 173 Å². The van der Waals surface area contributed by atoms with Crippen LogP contribution in [0.3, 0.4) is 0 Å².